The normalized spacial score (nSPS) is 15.1. The van der Waals surface area contributed by atoms with Crippen molar-refractivity contribution < 1.29 is 9.59 Å². The zero-order valence-electron chi connectivity index (χ0n) is 17.1. The van der Waals surface area contributed by atoms with E-state index in [9.17, 15) is 9.59 Å². The Morgan fingerprint density at radius 2 is 1.41 bits per heavy atom. The average molecular weight is 395 g/mol. The Morgan fingerprint density at radius 1 is 0.828 bits per heavy atom. The maximum Gasteiger partial charge on any atom is 0.238 e. The van der Waals surface area contributed by atoms with Gasteiger partial charge < -0.3 is 10.6 Å². The SMILES string of the molecule is CCc1ccccc1NC(=O)CN1CCN(CC(=O)NCc2ccccc2)CC1. The molecule has 1 saturated heterocycles. The van der Waals surface area contributed by atoms with E-state index in [2.05, 4.69) is 27.4 Å². The monoisotopic (exact) mass is 394 g/mol. The first-order valence-electron chi connectivity index (χ1n) is 10.3. The Kier molecular flexibility index (Phi) is 7.78. The molecule has 6 nitrogen and oxygen atoms in total. The second kappa shape index (κ2) is 10.7. The minimum atomic E-state index is 0.0138. The van der Waals surface area contributed by atoms with Crippen molar-refractivity contribution in [3.8, 4) is 0 Å². The molecule has 2 N–H and O–H groups in total. The summed E-state index contributed by atoms with van der Waals surface area (Å²) in [4.78, 5) is 28.9. The van der Waals surface area contributed by atoms with Crippen molar-refractivity contribution >= 4 is 17.5 Å². The molecule has 0 spiro atoms. The lowest BCUT2D eigenvalue weighted by Crippen LogP contribution is -2.50. The van der Waals surface area contributed by atoms with Gasteiger partial charge in [0, 0.05) is 38.4 Å². The molecule has 0 saturated carbocycles. The van der Waals surface area contributed by atoms with Crippen molar-refractivity contribution in [2.75, 3.05) is 44.6 Å². The number of hydrogen-bond acceptors (Lipinski definition) is 4. The number of para-hydroxylation sites is 1. The summed E-state index contributed by atoms with van der Waals surface area (Å²) in [5.74, 6) is 0.0520. The number of amides is 2. The van der Waals surface area contributed by atoms with Crippen molar-refractivity contribution in [2.24, 2.45) is 0 Å². The average Bonchev–Trinajstić information content (AvgIpc) is 2.75. The summed E-state index contributed by atoms with van der Waals surface area (Å²) >= 11 is 0. The number of nitrogens with one attached hydrogen (secondary N) is 2. The Hall–Kier alpha value is -2.70. The van der Waals surface area contributed by atoms with Crippen LogP contribution in [0.25, 0.3) is 0 Å². The predicted octanol–water partition coefficient (Wildman–Crippen LogP) is 2.12. The molecule has 0 bridgehead atoms. The third-order valence-electron chi connectivity index (χ3n) is 5.20. The lowest BCUT2D eigenvalue weighted by molar-refractivity contribution is -0.123. The predicted molar refractivity (Wildman–Crippen MR) is 116 cm³/mol. The summed E-state index contributed by atoms with van der Waals surface area (Å²) in [7, 11) is 0. The Bertz CT molecular complexity index is 802. The maximum atomic E-state index is 12.4. The zero-order chi connectivity index (χ0) is 20.5. The molecule has 0 aromatic heterocycles. The van der Waals surface area contributed by atoms with Gasteiger partial charge in [-0.3, -0.25) is 19.4 Å². The van der Waals surface area contributed by atoms with E-state index in [1.165, 1.54) is 0 Å². The number of anilines is 1. The summed E-state index contributed by atoms with van der Waals surface area (Å²) in [5.41, 5.74) is 3.14. The fraction of sp³-hybridized carbons (Fsp3) is 0.391. The van der Waals surface area contributed by atoms with E-state index in [1.54, 1.807) is 0 Å². The van der Waals surface area contributed by atoms with Gasteiger partial charge >= 0.3 is 0 Å². The Morgan fingerprint density at radius 3 is 2.07 bits per heavy atom. The molecule has 29 heavy (non-hydrogen) atoms. The smallest absolute Gasteiger partial charge is 0.238 e. The van der Waals surface area contributed by atoms with Gasteiger partial charge in [-0.15, -0.1) is 0 Å². The van der Waals surface area contributed by atoms with Crippen molar-refractivity contribution in [3.63, 3.8) is 0 Å². The Labute approximate surface area is 172 Å². The van der Waals surface area contributed by atoms with Crippen LogP contribution in [0.15, 0.2) is 54.6 Å². The Balaban J connectivity index is 1.36. The van der Waals surface area contributed by atoms with Gasteiger partial charge in [0.05, 0.1) is 13.1 Å². The van der Waals surface area contributed by atoms with Gasteiger partial charge in [-0.1, -0.05) is 55.5 Å². The maximum absolute atomic E-state index is 12.4. The van der Waals surface area contributed by atoms with Crippen LogP contribution in [0.5, 0.6) is 0 Å². The number of benzene rings is 2. The van der Waals surface area contributed by atoms with Gasteiger partial charge in [-0.2, -0.15) is 0 Å². The largest absolute Gasteiger partial charge is 0.351 e. The second-order valence-electron chi connectivity index (χ2n) is 7.37. The van der Waals surface area contributed by atoms with Gasteiger partial charge in [-0.25, -0.2) is 0 Å². The minimum Gasteiger partial charge on any atom is -0.351 e. The first kappa shape index (κ1) is 21.0. The third-order valence-corrected chi connectivity index (χ3v) is 5.20. The van der Waals surface area contributed by atoms with Gasteiger partial charge in [0.1, 0.15) is 0 Å². The highest BCUT2D eigenvalue weighted by Crippen LogP contribution is 2.15. The number of nitrogens with zero attached hydrogens (tertiary/aromatic N) is 2. The van der Waals surface area contributed by atoms with Crippen molar-refractivity contribution in [3.05, 3.63) is 65.7 Å². The van der Waals surface area contributed by atoms with Crippen LogP contribution in [0, 0.1) is 0 Å². The first-order valence-corrected chi connectivity index (χ1v) is 10.3. The summed E-state index contributed by atoms with van der Waals surface area (Å²) in [5, 5.41) is 6.00. The van der Waals surface area contributed by atoms with Crippen LogP contribution in [0.4, 0.5) is 5.69 Å². The summed E-state index contributed by atoms with van der Waals surface area (Å²) < 4.78 is 0. The number of carbonyl (C=O) groups excluding carboxylic acids is 2. The van der Waals surface area contributed by atoms with Crippen LogP contribution in [0.2, 0.25) is 0 Å². The van der Waals surface area contributed by atoms with Crippen LogP contribution < -0.4 is 10.6 Å². The van der Waals surface area contributed by atoms with E-state index >= 15 is 0 Å². The van der Waals surface area contributed by atoms with Crippen molar-refractivity contribution in [1.29, 1.82) is 0 Å². The molecule has 2 aromatic carbocycles. The lowest BCUT2D eigenvalue weighted by atomic mass is 10.1. The number of rotatable bonds is 8. The van der Waals surface area contributed by atoms with Crippen LogP contribution in [0.1, 0.15) is 18.1 Å². The van der Waals surface area contributed by atoms with Crippen molar-refractivity contribution in [2.45, 2.75) is 19.9 Å². The zero-order valence-corrected chi connectivity index (χ0v) is 17.1. The molecule has 0 atom stereocenters. The van der Waals surface area contributed by atoms with E-state index < -0.39 is 0 Å². The molecule has 1 aliphatic heterocycles. The van der Waals surface area contributed by atoms with E-state index in [-0.39, 0.29) is 11.8 Å². The van der Waals surface area contributed by atoms with Crippen LogP contribution in [0.3, 0.4) is 0 Å². The molecule has 3 rings (SSSR count). The molecule has 2 aromatic rings. The molecule has 0 radical (unpaired) electrons. The topological polar surface area (TPSA) is 64.7 Å². The summed E-state index contributed by atoms with van der Waals surface area (Å²) in [6.07, 6.45) is 0.890. The summed E-state index contributed by atoms with van der Waals surface area (Å²) in [6.45, 7) is 6.57. The van der Waals surface area contributed by atoms with Gasteiger partial charge in [-0.05, 0) is 23.6 Å². The molecule has 0 aliphatic carbocycles. The number of carbonyl (C=O) groups is 2. The standard InChI is InChI=1S/C23H30N4O2/c1-2-20-10-6-7-11-21(20)25-23(29)18-27-14-12-26(13-15-27)17-22(28)24-16-19-8-4-3-5-9-19/h3-11H,2,12-18H2,1H3,(H,24,28)(H,25,29). The van der Waals surface area contributed by atoms with E-state index in [1.807, 2.05) is 54.6 Å². The van der Waals surface area contributed by atoms with Crippen molar-refractivity contribution in [1.82, 2.24) is 15.1 Å². The summed E-state index contributed by atoms with van der Waals surface area (Å²) in [6, 6.07) is 17.8. The van der Waals surface area contributed by atoms with Gasteiger partial charge in [0.15, 0.2) is 0 Å². The lowest BCUT2D eigenvalue weighted by Gasteiger charge is -2.33. The fourth-order valence-electron chi connectivity index (χ4n) is 3.50. The fourth-order valence-corrected chi connectivity index (χ4v) is 3.50. The number of hydrogen-bond donors (Lipinski definition) is 2. The third kappa shape index (κ3) is 6.69. The second-order valence-corrected chi connectivity index (χ2v) is 7.37. The van der Waals surface area contributed by atoms with E-state index in [4.69, 9.17) is 0 Å². The first-order chi connectivity index (χ1) is 14.1. The number of piperazine rings is 1. The molecule has 154 valence electrons. The van der Waals surface area contributed by atoms with Crippen LogP contribution in [-0.4, -0.2) is 60.9 Å². The quantitative estimate of drug-likeness (QED) is 0.720. The van der Waals surface area contributed by atoms with Crippen LogP contribution >= 0.6 is 0 Å². The van der Waals surface area contributed by atoms with E-state index in [0.29, 0.717) is 19.6 Å². The molecular formula is C23H30N4O2. The molecule has 1 heterocycles. The minimum absolute atomic E-state index is 0.0138. The highest BCUT2D eigenvalue weighted by atomic mass is 16.2. The van der Waals surface area contributed by atoms with E-state index in [0.717, 1.165) is 49.4 Å². The molecule has 1 aliphatic rings. The van der Waals surface area contributed by atoms with Gasteiger partial charge in [0.2, 0.25) is 11.8 Å². The highest BCUT2D eigenvalue weighted by molar-refractivity contribution is 5.93. The molecule has 1 fully saturated rings. The van der Waals surface area contributed by atoms with Crippen LogP contribution in [-0.2, 0) is 22.6 Å². The molecule has 0 unspecified atom stereocenters. The number of aryl methyl sites for hydroxylation is 1. The highest BCUT2D eigenvalue weighted by Gasteiger charge is 2.20. The van der Waals surface area contributed by atoms with Gasteiger partial charge in [0.25, 0.3) is 0 Å². The molecule has 2 amide bonds. The molecular weight excluding hydrogens is 364 g/mol. The molecule has 6 heteroatoms.